The minimum atomic E-state index is -1.04. The van der Waals surface area contributed by atoms with Crippen molar-refractivity contribution in [1.29, 1.82) is 5.26 Å². The Balaban J connectivity index is 2.39. The van der Waals surface area contributed by atoms with E-state index in [1.165, 1.54) is 24.3 Å². The molecule has 0 aromatic heterocycles. The van der Waals surface area contributed by atoms with E-state index in [1.54, 1.807) is 18.2 Å². The monoisotopic (exact) mass is 287 g/mol. The molecule has 0 amide bonds. The largest absolute Gasteiger partial charge is 0.292 e. The summed E-state index contributed by atoms with van der Waals surface area (Å²) >= 11 is 5.98. The normalized spacial score (nSPS) is 11.7. The highest BCUT2D eigenvalue weighted by atomic mass is 35.5. The summed E-state index contributed by atoms with van der Waals surface area (Å²) in [5.74, 6) is -1.90. The van der Waals surface area contributed by atoms with Crippen LogP contribution in [0.4, 0.5) is 4.39 Å². The van der Waals surface area contributed by atoms with Gasteiger partial charge in [0.2, 0.25) is 0 Å². The molecule has 0 heterocycles. The zero-order valence-electron chi connectivity index (χ0n) is 10.7. The lowest BCUT2D eigenvalue weighted by molar-refractivity contribution is 0.0979. The number of rotatable bonds is 3. The van der Waals surface area contributed by atoms with Crippen molar-refractivity contribution < 1.29 is 9.18 Å². The first-order chi connectivity index (χ1) is 9.52. The fourth-order valence-electron chi connectivity index (χ4n) is 1.88. The molecule has 0 spiro atoms. The van der Waals surface area contributed by atoms with E-state index < -0.39 is 11.7 Å². The van der Waals surface area contributed by atoms with Gasteiger partial charge in [0.1, 0.15) is 11.7 Å². The highest BCUT2D eigenvalue weighted by molar-refractivity contribution is 6.31. The maximum atomic E-state index is 13.2. The number of carbonyl (C=O) groups excluding carboxylic acids is 1. The van der Waals surface area contributed by atoms with E-state index in [-0.39, 0.29) is 5.78 Å². The van der Waals surface area contributed by atoms with Gasteiger partial charge in [-0.25, -0.2) is 4.39 Å². The zero-order valence-corrected chi connectivity index (χ0v) is 11.5. The Morgan fingerprint density at radius 1 is 1.30 bits per heavy atom. The maximum Gasteiger partial charge on any atom is 0.184 e. The molecule has 2 aromatic carbocycles. The number of hydrogen-bond acceptors (Lipinski definition) is 2. The van der Waals surface area contributed by atoms with Crippen LogP contribution in [0, 0.1) is 24.1 Å². The van der Waals surface area contributed by atoms with Crippen LogP contribution in [0.5, 0.6) is 0 Å². The molecule has 0 aliphatic carbocycles. The number of benzene rings is 2. The summed E-state index contributed by atoms with van der Waals surface area (Å²) in [6.07, 6.45) is 0. The van der Waals surface area contributed by atoms with E-state index >= 15 is 0 Å². The van der Waals surface area contributed by atoms with E-state index in [0.717, 1.165) is 5.56 Å². The van der Waals surface area contributed by atoms with Crippen molar-refractivity contribution in [1.82, 2.24) is 0 Å². The Morgan fingerprint density at radius 3 is 2.65 bits per heavy atom. The van der Waals surface area contributed by atoms with Crippen molar-refractivity contribution in [3.8, 4) is 6.07 Å². The lowest BCUT2D eigenvalue weighted by Crippen LogP contribution is -2.11. The fraction of sp³-hybridized carbons (Fsp3) is 0.125. The van der Waals surface area contributed by atoms with E-state index in [0.29, 0.717) is 16.1 Å². The number of Topliss-reactive ketones (excluding diaryl/α,β-unsaturated/α-hetero) is 1. The third-order valence-corrected chi connectivity index (χ3v) is 3.44. The number of aryl methyl sites for hydroxylation is 1. The van der Waals surface area contributed by atoms with Crippen LogP contribution in [-0.2, 0) is 0 Å². The van der Waals surface area contributed by atoms with Gasteiger partial charge in [0.25, 0.3) is 0 Å². The molecule has 0 N–H and O–H groups in total. The predicted molar refractivity (Wildman–Crippen MR) is 75.3 cm³/mol. The molecule has 2 aromatic rings. The molecule has 4 heteroatoms. The van der Waals surface area contributed by atoms with Gasteiger partial charge in [0.05, 0.1) is 6.07 Å². The number of ketones is 1. The van der Waals surface area contributed by atoms with Crippen LogP contribution in [0.2, 0.25) is 5.02 Å². The maximum absolute atomic E-state index is 13.2. The summed E-state index contributed by atoms with van der Waals surface area (Å²) in [5, 5.41) is 9.66. The Kier molecular flexibility index (Phi) is 4.16. The molecular weight excluding hydrogens is 277 g/mol. The second-order valence-corrected chi connectivity index (χ2v) is 4.85. The molecule has 0 fully saturated rings. The average molecular weight is 288 g/mol. The summed E-state index contributed by atoms with van der Waals surface area (Å²) in [4.78, 5) is 12.3. The molecule has 2 rings (SSSR count). The van der Waals surface area contributed by atoms with Gasteiger partial charge in [0.15, 0.2) is 5.78 Å². The topological polar surface area (TPSA) is 40.9 Å². The molecule has 100 valence electrons. The van der Waals surface area contributed by atoms with Gasteiger partial charge in [-0.2, -0.15) is 5.26 Å². The number of nitriles is 1. The molecule has 0 bridgehead atoms. The Labute approximate surface area is 121 Å². The third kappa shape index (κ3) is 2.87. The van der Waals surface area contributed by atoms with Gasteiger partial charge < -0.3 is 0 Å². The number of halogens is 2. The Bertz CT molecular complexity index is 706. The summed E-state index contributed by atoms with van der Waals surface area (Å²) in [7, 11) is 0. The zero-order chi connectivity index (χ0) is 14.7. The van der Waals surface area contributed by atoms with Crippen LogP contribution in [0.1, 0.15) is 27.4 Å². The van der Waals surface area contributed by atoms with Crippen molar-refractivity contribution in [2.75, 3.05) is 0 Å². The van der Waals surface area contributed by atoms with Crippen molar-refractivity contribution in [3.05, 3.63) is 70.0 Å². The first-order valence-corrected chi connectivity index (χ1v) is 6.36. The van der Waals surface area contributed by atoms with Crippen LogP contribution < -0.4 is 0 Å². The van der Waals surface area contributed by atoms with Crippen LogP contribution in [0.3, 0.4) is 0 Å². The van der Waals surface area contributed by atoms with Gasteiger partial charge in [-0.1, -0.05) is 35.9 Å². The van der Waals surface area contributed by atoms with Crippen molar-refractivity contribution in [2.45, 2.75) is 12.8 Å². The van der Waals surface area contributed by atoms with E-state index in [2.05, 4.69) is 0 Å². The minimum Gasteiger partial charge on any atom is -0.292 e. The second kappa shape index (κ2) is 5.85. The lowest BCUT2D eigenvalue weighted by Gasteiger charge is -2.09. The molecule has 0 aliphatic heterocycles. The Hall–Kier alpha value is -2.18. The Morgan fingerprint density at radius 2 is 2.05 bits per heavy atom. The average Bonchev–Trinajstić information content (AvgIpc) is 2.42. The van der Waals surface area contributed by atoms with Gasteiger partial charge in [-0.15, -0.1) is 0 Å². The molecule has 0 radical (unpaired) electrons. The van der Waals surface area contributed by atoms with Gasteiger partial charge in [-0.05, 0) is 36.2 Å². The number of nitrogens with zero attached hydrogens (tertiary/aromatic N) is 1. The van der Waals surface area contributed by atoms with Gasteiger partial charge in [0, 0.05) is 10.6 Å². The minimum absolute atomic E-state index is 0.342. The van der Waals surface area contributed by atoms with Gasteiger partial charge >= 0.3 is 0 Å². The predicted octanol–water partition coefficient (Wildman–Crippen LogP) is 4.28. The fourth-order valence-corrected chi connectivity index (χ4v) is 2.06. The van der Waals surface area contributed by atoms with E-state index in [9.17, 15) is 14.4 Å². The molecular formula is C16H11ClFNO. The van der Waals surface area contributed by atoms with E-state index in [1.807, 2.05) is 13.0 Å². The van der Waals surface area contributed by atoms with Crippen LogP contribution in [-0.4, -0.2) is 5.78 Å². The molecule has 0 saturated heterocycles. The summed E-state index contributed by atoms with van der Waals surface area (Å²) in [5.41, 5.74) is 1.54. The summed E-state index contributed by atoms with van der Waals surface area (Å²) in [6.45, 7) is 1.82. The SMILES string of the molecule is Cc1ccc(C(=O)C(C#N)c2cccc(F)c2)cc1Cl. The molecule has 0 saturated carbocycles. The van der Waals surface area contributed by atoms with Crippen molar-refractivity contribution >= 4 is 17.4 Å². The van der Waals surface area contributed by atoms with Crippen LogP contribution in [0.25, 0.3) is 0 Å². The summed E-state index contributed by atoms with van der Waals surface area (Å²) < 4.78 is 13.2. The first kappa shape index (κ1) is 14.2. The second-order valence-electron chi connectivity index (χ2n) is 4.45. The molecule has 1 atom stereocenters. The van der Waals surface area contributed by atoms with Gasteiger partial charge in [-0.3, -0.25) is 4.79 Å². The quantitative estimate of drug-likeness (QED) is 0.791. The third-order valence-electron chi connectivity index (χ3n) is 3.03. The highest BCUT2D eigenvalue weighted by Gasteiger charge is 2.22. The lowest BCUT2D eigenvalue weighted by atomic mass is 9.91. The molecule has 2 nitrogen and oxygen atoms in total. The first-order valence-electron chi connectivity index (χ1n) is 5.98. The van der Waals surface area contributed by atoms with Crippen LogP contribution >= 0.6 is 11.6 Å². The number of carbonyl (C=O) groups is 1. The van der Waals surface area contributed by atoms with E-state index in [4.69, 9.17) is 11.6 Å². The number of hydrogen-bond donors (Lipinski definition) is 0. The molecule has 20 heavy (non-hydrogen) atoms. The summed E-state index contributed by atoms with van der Waals surface area (Å²) in [6, 6.07) is 12.3. The standard InChI is InChI=1S/C16H11ClFNO/c1-10-5-6-12(8-15(10)17)16(20)14(9-19)11-3-2-4-13(18)7-11/h2-8,14H,1H3. The van der Waals surface area contributed by atoms with Crippen molar-refractivity contribution in [3.63, 3.8) is 0 Å². The van der Waals surface area contributed by atoms with Crippen LogP contribution in [0.15, 0.2) is 42.5 Å². The molecule has 0 aliphatic rings. The van der Waals surface area contributed by atoms with Crippen molar-refractivity contribution in [2.24, 2.45) is 0 Å². The smallest absolute Gasteiger partial charge is 0.184 e. The highest BCUT2D eigenvalue weighted by Crippen LogP contribution is 2.24. The molecule has 1 unspecified atom stereocenters.